The lowest BCUT2D eigenvalue weighted by Crippen LogP contribution is -2.13. The van der Waals surface area contributed by atoms with Crippen LogP contribution in [0.3, 0.4) is 0 Å². The fourth-order valence-electron chi connectivity index (χ4n) is 0.701. The highest BCUT2D eigenvalue weighted by atomic mass is 16.4. The Labute approximate surface area is 62.3 Å². The van der Waals surface area contributed by atoms with Gasteiger partial charge in [-0.1, -0.05) is 5.16 Å². The lowest BCUT2D eigenvalue weighted by molar-refractivity contribution is 0.316. The van der Waals surface area contributed by atoms with Crippen LogP contribution in [0.4, 0.5) is 0 Å². The molecule has 3 heteroatoms. The molecule has 0 saturated heterocycles. The van der Waals surface area contributed by atoms with Gasteiger partial charge in [-0.05, 0) is 40.4 Å². The first-order chi connectivity index (χ1) is 4.66. The van der Waals surface area contributed by atoms with E-state index in [0.29, 0.717) is 0 Å². The maximum Gasteiger partial charge on any atom is 0.0540 e. The van der Waals surface area contributed by atoms with Crippen LogP contribution in [0.5, 0.6) is 0 Å². The van der Waals surface area contributed by atoms with Gasteiger partial charge >= 0.3 is 0 Å². The SMILES string of the molecule is C/C(CCCN(C)C)=N\O. The van der Waals surface area contributed by atoms with E-state index in [9.17, 15) is 0 Å². The van der Waals surface area contributed by atoms with E-state index >= 15 is 0 Å². The van der Waals surface area contributed by atoms with E-state index in [4.69, 9.17) is 5.21 Å². The highest BCUT2D eigenvalue weighted by Gasteiger charge is 1.93. The van der Waals surface area contributed by atoms with Crippen LogP contribution in [-0.4, -0.2) is 36.5 Å². The maximum absolute atomic E-state index is 8.27. The van der Waals surface area contributed by atoms with Gasteiger partial charge in [0.2, 0.25) is 0 Å². The molecule has 0 unspecified atom stereocenters. The molecule has 0 aromatic heterocycles. The van der Waals surface area contributed by atoms with Gasteiger partial charge in [0.15, 0.2) is 0 Å². The molecule has 0 rings (SSSR count). The lowest BCUT2D eigenvalue weighted by atomic mass is 10.2. The summed E-state index contributed by atoms with van der Waals surface area (Å²) < 4.78 is 0. The Hall–Kier alpha value is -0.570. The third-order valence-corrected chi connectivity index (χ3v) is 1.31. The van der Waals surface area contributed by atoms with Crippen molar-refractivity contribution in [3.05, 3.63) is 0 Å². The molecule has 0 radical (unpaired) electrons. The standard InChI is InChI=1S/C7H16N2O/c1-7(8-10)5-4-6-9(2)3/h10H,4-6H2,1-3H3/b8-7+. The topological polar surface area (TPSA) is 35.8 Å². The summed E-state index contributed by atoms with van der Waals surface area (Å²) in [7, 11) is 4.07. The highest BCUT2D eigenvalue weighted by Crippen LogP contribution is 1.92. The summed E-state index contributed by atoms with van der Waals surface area (Å²) in [5, 5.41) is 11.4. The molecular weight excluding hydrogens is 128 g/mol. The molecule has 3 nitrogen and oxygen atoms in total. The Bertz CT molecular complexity index is 110. The minimum Gasteiger partial charge on any atom is -0.411 e. The molecule has 0 aromatic carbocycles. The molecule has 0 aromatic rings. The van der Waals surface area contributed by atoms with Gasteiger partial charge in [0.1, 0.15) is 0 Å². The van der Waals surface area contributed by atoms with Crippen LogP contribution in [0.2, 0.25) is 0 Å². The van der Waals surface area contributed by atoms with Crippen LogP contribution >= 0.6 is 0 Å². The number of hydrogen-bond donors (Lipinski definition) is 1. The van der Waals surface area contributed by atoms with E-state index in [0.717, 1.165) is 25.1 Å². The fraction of sp³-hybridized carbons (Fsp3) is 0.857. The summed E-state index contributed by atoms with van der Waals surface area (Å²) in [6.45, 7) is 2.88. The fourth-order valence-corrected chi connectivity index (χ4v) is 0.701. The van der Waals surface area contributed by atoms with Gasteiger partial charge in [-0.3, -0.25) is 0 Å². The molecule has 0 heterocycles. The summed E-state index contributed by atoms with van der Waals surface area (Å²) in [6, 6.07) is 0. The molecule has 0 atom stereocenters. The van der Waals surface area contributed by atoms with E-state index < -0.39 is 0 Å². The van der Waals surface area contributed by atoms with Crippen LogP contribution in [0.15, 0.2) is 5.16 Å². The molecule has 60 valence electrons. The Morgan fingerprint density at radius 3 is 2.50 bits per heavy atom. The van der Waals surface area contributed by atoms with Crippen LogP contribution in [0.25, 0.3) is 0 Å². The third-order valence-electron chi connectivity index (χ3n) is 1.31. The zero-order valence-electron chi connectivity index (χ0n) is 6.96. The molecule has 10 heavy (non-hydrogen) atoms. The predicted molar refractivity (Wildman–Crippen MR) is 42.7 cm³/mol. The van der Waals surface area contributed by atoms with Crippen molar-refractivity contribution >= 4 is 5.71 Å². The summed E-state index contributed by atoms with van der Waals surface area (Å²) in [5.74, 6) is 0. The summed E-state index contributed by atoms with van der Waals surface area (Å²) in [5.41, 5.74) is 0.807. The summed E-state index contributed by atoms with van der Waals surface area (Å²) in [4.78, 5) is 2.12. The minimum absolute atomic E-state index is 0.807. The van der Waals surface area contributed by atoms with Gasteiger partial charge in [-0.25, -0.2) is 0 Å². The minimum atomic E-state index is 0.807. The van der Waals surface area contributed by atoms with E-state index in [1.54, 1.807) is 0 Å². The molecule has 0 aliphatic carbocycles. The number of nitrogens with zero attached hydrogens (tertiary/aromatic N) is 2. The van der Waals surface area contributed by atoms with Crippen LogP contribution in [0, 0.1) is 0 Å². The van der Waals surface area contributed by atoms with E-state index in [2.05, 4.69) is 10.1 Å². The van der Waals surface area contributed by atoms with Gasteiger partial charge in [0.05, 0.1) is 5.71 Å². The first-order valence-electron chi connectivity index (χ1n) is 3.49. The molecule has 0 saturated carbocycles. The average Bonchev–Trinajstić information content (AvgIpc) is 1.87. The Morgan fingerprint density at radius 1 is 1.50 bits per heavy atom. The highest BCUT2D eigenvalue weighted by molar-refractivity contribution is 5.81. The van der Waals surface area contributed by atoms with Gasteiger partial charge in [0, 0.05) is 0 Å². The van der Waals surface area contributed by atoms with Gasteiger partial charge in [-0.2, -0.15) is 0 Å². The first-order valence-corrected chi connectivity index (χ1v) is 3.49. The van der Waals surface area contributed by atoms with Crippen molar-refractivity contribution in [1.82, 2.24) is 4.90 Å². The average molecular weight is 144 g/mol. The smallest absolute Gasteiger partial charge is 0.0540 e. The maximum atomic E-state index is 8.27. The third kappa shape index (κ3) is 5.56. The monoisotopic (exact) mass is 144 g/mol. The molecule has 0 fully saturated rings. The largest absolute Gasteiger partial charge is 0.411 e. The Kier molecular flexibility index (Phi) is 4.94. The second kappa shape index (κ2) is 5.23. The van der Waals surface area contributed by atoms with Gasteiger partial charge in [0.25, 0.3) is 0 Å². The van der Waals surface area contributed by atoms with Gasteiger partial charge in [-0.15, -0.1) is 0 Å². The molecule has 1 N–H and O–H groups in total. The molecule has 0 spiro atoms. The molecule has 0 aliphatic heterocycles. The number of oxime groups is 1. The Balaban J connectivity index is 3.20. The van der Waals surface area contributed by atoms with Crippen molar-refractivity contribution in [2.24, 2.45) is 5.16 Å². The van der Waals surface area contributed by atoms with Crippen molar-refractivity contribution in [3.63, 3.8) is 0 Å². The zero-order valence-corrected chi connectivity index (χ0v) is 6.96. The Morgan fingerprint density at radius 2 is 2.10 bits per heavy atom. The van der Waals surface area contributed by atoms with Crippen LogP contribution in [0.1, 0.15) is 19.8 Å². The molecule has 0 bridgehead atoms. The van der Waals surface area contributed by atoms with Crippen LogP contribution < -0.4 is 0 Å². The summed E-state index contributed by atoms with van der Waals surface area (Å²) >= 11 is 0. The predicted octanol–water partition coefficient (Wildman–Crippen LogP) is 1.18. The quantitative estimate of drug-likeness (QED) is 0.365. The molecule has 0 aliphatic rings. The first kappa shape index (κ1) is 9.43. The van der Waals surface area contributed by atoms with Crippen molar-refractivity contribution in [1.29, 1.82) is 0 Å². The zero-order chi connectivity index (χ0) is 7.98. The normalized spacial score (nSPS) is 12.6. The van der Waals surface area contributed by atoms with Crippen molar-refractivity contribution in [2.45, 2.75) is 19.8 Å². The van der Waals surface area contributed by atoms with E-state index in [1.807, 2.05) is 21.0 Å². The summed E-state index contributed by atoms with van der Waals surface area (Å²) in [6.07, 6.45) is 1.94. The number of hydrogen-bond acceptors (Lipinski definition) is 3. The molecular formula is C7H16N2O. The van der Waals surface area contributed by atoms with E-state index in [-0.39, 0.29) is 0 Å². The van der Waals surface area contributed by atoms with Gasteiger partial charge < -0.3 is 10.1 Å². The second-order valence-corrected chi connectivity index (χ2v) is 2.74. The lowest BCUT2D eigenvalue weighted by Gasteiger charge is -2.07. The van der Waals surface area contributed by atoms with Crippen molar-refractivity contribution in [3.8, 4) is 0 Å². The molecule has 0 amide bonds. The van der Waals surface area contributed by atoms with Crippen molar-refractivity contribution < 1.29 is 5.21 Å². The van der Waals surface area contributed by atoms with Crippen molar-refractivity contribution in [2.75, 3.05) is 20.6 Å². The second-order valence-electron chi connectivity index (χ2n) is 2.74. The van der Waals surface area contributed by atoms with Crippen LogP contribution in [-0.2, 0) is 0 Å². The number of rotatable bonds is 4. The van der Waals surface area contributed by atoms with E-state index in [1.165, 1.54) is 0 Å².